The first kappa shape index (κ1) is 17.0. The number of para-hydroxylation sites is 1. The first-order valence-corrected chi connectivity index (χ1v) is 9.15. The molecule has 9 heteroatoms. The molecule has 2 heterocycles. The molecule has 0 spiro atoms. The van der Waals surface area contributed by atoms with E-state index in [1.54, 1.807) is 22.7 Å². The first-order valence-electron chi connectivity index (χ1n) is 7.57. The lowest BCUT2D eigenvalue weighted by molar-refractivity contribution is 0.102. The molecule has 0 aliphatic rings. The molecular weight excluding hydrogens is 393 g/mol. The fourth-order valence-corrected chi connectivity index (χ4v) is 3.76. The maximum absolute atomic E-state index is 12.6. The monoisotopic (exact) mass is 403 g/mol. The highest BCUT2D eigenvalue weighted by atomic mass is 35.5. The average molecular weight is 404 g/mol. The topological polar surface area (TPSA) is 72.2 Å². The number of hydrogen-bond donors (Lipinski definition) is 1. The van der Waals surface area contributed by atoms with Gasteiger partial charge in [0, 0.05) is 10.6 Å². The maximum atomic E-state index is 12.6. The van der Waals surface area contributed by atoms with Gasteiger partial charge in [-0.3, -0.25) is 4.79 Å². The van der Waals surface area contributed by atoms with Crippen molar-refractivity contribution in [1.82, 2.24) is 19.8 Å². The number of rotatable bonds is 3. The summed E-state index contributed by atoms with van der Waals surface area (Å²) in [5.41, 5.74) is 1.72. The summed E-state index contributed by atoms with van der Waals surface area (Å²) in [5.74, 6) is 0.360. The molecular formula is C17H11Cl2N5OS. The standard InChI is InChI=1S/C17H11Cl2N5OS/c1-9-21-22-17-24(9)23-16(26-17)11-4-2-3-5-14(11)20-15(25)12-8-10(18)6-7-13(12)19/h2-8H,1H3,(H,20,25). The van der Waals surface area contributed by atoms with E-state index in [1.807, 2.05) is 25.1 Å². The third-order valence-corrected chi connectivity index (χ3v) is 5.22. The summed E-state index contributed by atoms with van der Waals surface area (Å²) in [5, 5.41) is 17.0. The summed E-state index contributed by atoms with van der Waals surface area (Å²) < 4.78 is 1.67. The van der Waals surface area contributed by atoms with Crippen LogP contribution in [0.2, 0.25) is 10.0 Å². The fraction of sp³-hybridized carbons (Fsp3) is 0.0588. The van der Waals surface area contributed by atoms with Crippen molar-refractivity contribution < 1.29 is 4.79 Å². The van der Waals surface area contributed by atoms with Crippen LogP contribution in [0.1, 0.15) is 16.2 Å². The maximum Gasteiger partial charge on any atom is 0.257 e. The van der Waals surface area contributed by atoms with Crippen LogP contribution in [-0.4, -0.2) is 25.7 Å². The molecule has 0 atom stereocenters. The molecule has 1 amide bonds. The molecule has 1 N–H and O–H groups in total. The van der Waals surface area contributed by atoms with Crippen LogP contribution in [-0.2, 0) is 0 Å². The zero-order valence-corrected chi connectivity index (χ0v) is 15.7. The Kier molecular flexibility index (Phi) is 4.36. The SMILES string of the molecule is Cc1nnc2sc(-c3ccccc3NC(=O)c3cc(Cl)ccc3Cl)nn12. The van der Waals surface area contributed by atoms with Gasteiger partial charge in [-0.05, 0) is 37.3 Å². The molecule has 130 valence electrons. The lowest BCUT2D eigenvalue weighted by Gasteiger charge is -2.10. The van der Waals surface area contributed by atoms with Crippen molar-refractivity contribution in [3.63, 3.8) is 0 Å². The van der Waals surface area contributed by atoms with Crippen molar-refractivity contribution in [1.29, 1.82) is 0 Å². The number of aromatic nitrogens is 4. The van der Waals surface area contributed by atoms with Crippen molar-refractivity contribution in [2.75, 3.05) is 5.32 Å². The van der Waals surface area contributed by atoms with Gasteiger partial charge < -0.3 is 5.32 Å². The van der Waals surface area contributed by atoms with Gasteiger partial charge in [0.25, 0.3) is 5.91 Å². The highest BCUT2D eigenvalue weighted by Crippen LogP contribution is 2.32. The molecule has 4 aromatic rings. The van der Waals surface area contributed by atoms with Gasteiger partial charge in [0.05, 0.1) is 16.3 Å². The minimum atomic E-state index is -0.343. The van der Waals surface area contributed by atoms with Gasteiger partial charge in [0.1, 0.15) is 5.01 Å². The van der Waals surface area contributed by atoms with Crippen LogP contribution < -0.4 is 5.32 Å². The smallest absolute Gasteiger partial charge is 0.257 e. The van der Waals surface area contributed by atoms with Gasteiger partial charge >= 0.3 is 0 Å². The van der Waals surface area contributed by atoms with Crippen molar-refractivity contribution in [2.45, 2.75) is 6.92 Å². The normalized spacial score (nSPS) is 11.0. The summed E-state index contributed by atoms with van der Waals surface area (Å²) in [7, 11) is 0. The molecule has 0 bridgehead atoms. The predicted molar refractivity (Wildman–Crippen MR) is 103 cm³/mol. The number of carbonyl (C=O) groups excluding carboxylic acids is 1. The van der Waals surface area contributed by atoms with Gasteiger partial charge in [0.2, 0.25) is 4.96 Å². The number of anilines is 1. The van der Waals surface area contributed by atoms with Crippen LogP contribution in [0.15, 0.2) is 42.5 Å². The largest absolute Gasteiger partial charge is 0.321 e. The number of benzene rings is 2. The Morgan fingerprint density at radius 1 is 1.15 bits per heavy atom. The third-order valence-electron chi connectivity index (χ3n) is 3.73. The summed E-state index contributed by atoms with van der Waals surface area (Å²) in [6, 6.07) is 12.2. The van der Waals surface area contributed by atoms with Gasteiger partial charge in [-0.1, -0.05) is 46.7 Å². The number of carbonyl (C=O) groups is 1. The van der Waals surface area contributed by atoms with Gasteiger partial charge in [-0.2, -0.15) is 9.61 Å². The molecule has 0 saturated heterocycles. The highest BCUT2D eigenvalue weighted by molar-refractivity contribution is 7.19. The van der Waals surface area contributed by atoms with Crippen molar-refractivity contribution in [3.8, 4) is 10.6 Å². The molecule has 4 rings (SSSR count). The van der Waals surface area contributed by atoms with E-state index in [2.05, 4.69) is 20.6 Å². The Morgan fingerprint density at radius 2 is 1.96 bits per heavy atom. The molecule has 6 nitrogen and oxygen atoms in total. The summed E-state index contributed by atoms with van der Waals surface area (Å²) >= 11 is 13.5. The zero-order chi connectivity index (χ0) is 18.3. The summed E-state index contributed by atoms with van der Waals surface area (Å²) in [6.07, 6.45) is 0. The number of aryl methyl sites for hydroxylation is 1. The van der Waals surface area contributed by atoms with Crippen LogP contribution in [0.3, 0.4) is 0 Å². The fourth-order valence-electron chi connectivity index (χ4n) is 2.46. The molecule has 0 aliphatic heterocycles. The number of hydrogen-bond acceptors (Lipinski definition) is 5. The predicted octanol–water partition coefficient (Wildman–Crippen LogP) is 4.72. The Hall–Kier alpha value is -2.48. The second-order valence-electron chi connectivity index (χ2n) is 5.47. The second-order valence-corrected chi connectivity index (χ2v) is 7.27. The van der Waals surface area contributed by atoms with E-state index in [4.69, 9.17) is 23.2 Å². The van der Waals surface area contributed by atoms with E-state index in [1.165, 1.54) is 17.4 Å². The van der Waals surface area contributed by atoms with Crippen LogP contribution in [0, 0.1) is 6.92 Å². The van der Waals surface area contributed by atoms with Gasteiger partial charge in [-0.25, -0.2) is 0 Å². The van der Waals surface area contributed by atoms with E-state index < -0.39 is 0 Å². The molecule has 0 radical (unpaired) electrons. The van der Waals surface area contributed by atoms with Crippen molar-refractivity contribution in [3.05, 3.63) is 63.9 Å². The van der Waals surface area contributed by atoms with Crippen LogP contribution in [0.25, 0.3) is 15.5 Å². The second kappa shape index (κ2) is 6.68. The number of nitrogens with one attached hydrogen (secondary N) is 1. The number of fused-ring (bicyclic) bond motifs is 1. The zero-order valence-electron chi connectivity index (χ0n) is 13.4. The van der Waals surface area contributed by atoms with Crippen molar-refractivity contribution in [2.24, 2.45) is 0 Å². The third kappa shape index (κ3) is 3.05. The van der Waals surface area contributed by atoms with Crippen LogP contribution >= 0.6 is 34.5 Å². The van der Waals surface area contributed by atoms with E-state index in [-0.39, 0.29) is 5.91 Å². The average Bonchev–Trinajstić information content (AvgIpc) is 3.20. The van der Waals surface area contributed by atoms with Gasteiger partial charge in [0.15, 0.2) is 5.82 Å². The first-order chi connectivity index (χ1) is 12.5. The Morgan fingerprint density at radius 3 is 2.77 bits per heavy atom. The summed E-state index contributed by atoms with van der Waals surface area (Å²) in [4.78, 5) is 13.3. The Labute approximate surface area is 162 Å². The highest BCUT2D eigenvalue weighted by Gasteiger charge is 2.17. The molecule has 2 aromatic heterocycles. The Balaban J connectivity index is 1.71. The van der Waals surface area contributed by atoms with Crippen LogP contribution in [0.5, 0.6) is 0 Å². The molecule has 0 saturated carbocycles. The summed E-state index contributed by atoms with van der Waals surface area (Å²) in [6.45, 7) is 1.83. The van der Waals surface area contributed by atoms with E-state index in [9.17, 15) is 4.79 Å². The van der Waals surface area contributed by atoms with E-state index in [0.717, 1.165) is 10.6 Å². The molecule has 2 aromatic carbocycles. The van der Waals surface area contributed by atoms with Crippen molar-refractivity contribution >= 4 is 51.1 Å². The molecule has 0 unspecified atom stereocenters. The van der Waals surface area contributed by atoms with Crippen LogP contribution in [0.4, 0.5) is 5.69 Å². The number of nitrogens with zero attached hydrogens (tertiary/aromatic N) is 4. The number of amides is 1. The van der Waals surface area contributed by atoms with Gasteiger partial charge in [-0.15, -0.1) is 10.2 Å². The molecule has 0 fully saturated rings. The number of halogens is 2. The Bertz CT molecular complexity index is 1140. The molecule has 26 heavy (non-hydrogen) atoms. The van der Waals surface area contributed by atoms with E-state index >= 15 is 0 Å². The quantitative estimate of drug-likeness (QED) is 0.536. The minimum Gasteiger partial charge on any atom is -0.321 e. The lowest BCUT2D eigenvalue weighted by atomic mass is 10.1. The molecule has 0 aliphatic carbocycles. The van der Waals surface area contributed by atoms with E-state index in [0.29, 0.717) is 32.1 Å². The lowest BCUT2D eigenvalue weighted by Crippen LogP contribution is -2.13. The minimum absolute atomic E-state index is 0.308.